The number of nitrogens with zero attached hydrogens (tertiary/aromatic N) is 2. The predicted octanol–water partition coefficient (Wildman–Crippen LogP) is 2.41. The molecule has 2 aliphatic rings. The first-order valence-electron chi connectivity index (χ1n) is 8.29. The molecule has 126 valence electrons. The van der Waals surface area contributed by atoms with Gasteiger partial charge in [-0.1, -0.05) is 12.8 Å². The lowest BCUT2D eigenvalue weighted by Crippen LogP contribution is -2.34. The number of carbonyl (C=O) groups excluding carboxylic acids is 1. The first kappa shape index (κ1) is 16.3. The Bertz CT molecular complexity index is 707. The minimum atomic E-state index is -3.29. The van der Waals surface area contributed by atoms with Gasteiger partial charge in [0.25, 0.3) is 5.91 Å². The van der Waals surface area contributed by atoms with Crippen molar-refractivity contribution in [3.8, 4) is 0 Å². The molecule has 5 nitrogen and oxygen atoms in total. The van der Waals surface area contributed by atoms with E-state index in [4.69, 9.17) is 0 Å². The summed E-state index contributed by atoms with van der Waals surface area (Å²) in [6.45, 7) is 3.54. The Kier molecular flexibility index (Phi) is 4.36. The number of anilines is 1. The van der Waals surface area contributed by atoms with E-state index < -0.39 is 10.0 Å². The van der Waals surface area contributed by atoms with Crippen LogP contribution >= 0.6 is 0 Å². The standard InChI is InChI=1S/C17H24N2O3S/c1-13-11-15-12-14(7-8-16(15)19(13)23(2,21)22)17(20)18-9-5-3-4-6-10-18/h7-8,12-13H,3-6,9-11H2,1-2H3/t13-/m0/s1. The molecule has 0 aromatic heterocycles. The molecular formula is C17H24N2O3S. The van der Waals surface area contributed by atoms with Crippen LogP contribution in [0.1, 0.15) is 48.5 Å². The molecule has 0 bridgehead atoms. The minimum Gasteiger partial charge on any atom is -0.339 e. The zero-order valence-electron chi connectivity index (χ0n) is 13.8. The number of fused-ring (bicyclic) bond motifs is 1. The van der Waals surface area contributed by atoms with E-state index in [1.807, 2.05) is 17.9 Å². The number of benzene rings is 1. The molecule has 1 amide bonds. The second kappa shape index (κ2) is 6.15. The zero-order valence-corrected chi connectivity index (χ0v) is 14.6. The minimum absolute atomic E-state index is 0.0696. The Labute approximate surface area is 138 Å². The first-order chi connectivity index (χ1) is 10.9. The summed E-state index contributed by atoms with van der Waals surface area (Å²) >= 11 is 0. The van der Waals surface area contributed by atoms with Crippen LogP contribution in [0.5, 0.6) is 0 Å². The molecule has 1 fully saturated rings. The van der Waals surface area contributed by atoms with Crippen LogP contribution in [0.15, 0.2) is 18.2 Å². The van der Waals surface area contributed by atoms with E-state index >= 15 is 0 Å². The van der Waals surface area contributed by atoms with Gasteiger partial charge < -0.3 is 4.90 Å². The van der Waals surface area contributed by atoms with Gasteiger partial charge >= 0.3 is 0 Å². The fraction of sp³-hybridized carbons (Fsp3) is 0.588. The molecule has 0 unspecified atom stereocenters. The monoisotopic (exact) mass is 336 g/mol. The van der Waals surface area contributed by atoms with E-state index in [0.717, 1.165) is 31.5 Å². The Balaban J connectivity index is 1.87. The molecule has 1 aromatic rings. The molecule has 0 N–H and O–H groups in total. The fourth-order valence-corrected chi connectivity index (χ4v) is 4.96. The van der Waals surface area contributed by atoms with E-state index in [1.54, 1.807) is 12.1 Å². The Hall–Kier alpha value is -1.56. The molecule has 0 radical (unpaired) electrons. The highest BCUT2D eigenvalue weighted by molar-refractivity contribution is 7.92. The molecule has 0 aliphatic carbocycles. The van der Waals surface area contributed by atoms with Crippen molar-refractivity contribution < 1.29 is 13.2 Å². The van der Waals surface area contributed by atoms with Crippen molar-refractivity contribution in [2.24, 2.45) is 0 Å². The van der Waals surface area contributed by atoms with Gasteiger partial charge in [-0.25, -0.2) is 8.42 Å². The Morgan fingerprint density at radius 3 is 2.39 bits per heavy atom. The van der Waals surface area contributed by atoms with E-state index in [9.17, 15) is 13.2 Å². The lowest BCUT2D eigenvalue weighted by Gasteiger charge is -2.22. The summed E-state index contributed by atoms with van der Waals surface area (Å²) in [6, 6.07) is 5.33. The Morgan fingerprint density at radius 2 is 1.78 bits per heavy atom. The van der Waals surface area contributed by atoms with Crippen LogP contribution in [0.4, 0.5) is 5.69 Å². The summed E-state index contributed by atoms with van der Waals surface area (Å²) in [5.41, 5.74) is 2.34. The Morgan fingerprint density at radius 1 is 1.13 bits per heavy atom. The van der Waals surface area contributed by atoms with Gasteiger partial charge in [-0.2, -0.15) is 0 Å². The predicted molar refractivity (Wildman–Crippen MR) is 91.3 cm³/mol. The number of likely N-dealkylation sites (tertiary alicyclic amines) is 1. The van der Waals surface area contributed by atoms with Crippen LogP contribution in [0, 0.1) is 0 Å². The van der Waals surface area contributed by atoms with Crippen LogP contribution in [0.25, 0.3) is 0 Å². The molecule has 6 heteroatoms. The summed E-state index contributed by atoms with van der Waals surface area (Å²) in [7, 11) is -3.29. The average Bonchev–Trinajstić information content (AvgIpc) is 2.66. The van der Waals surface area contributed by atoms with Crippen LogP contribution < -0.4 is 4.31 Å². The number of hydrogen-bond donors (Lipinski definition) is 0. The van der Waals surface area contributed by atoms with Crippen molar-refractivity contribution in [1.82, 2.24) is 4.90 Å². The second-order valence-electron chi connectivity index (χ2n) is 6.66. The molecule has 2 heterocycles. The molecule has 3 rings (SSSR count). The number of sulfonamides is 1. The summed E-state index contributed by atoms with van der Waals surface area (Å²) in [5, 5.41) is 0. The van der Waals surface area contributed by atoms with Crippen LogP contribution in [0.3, 0.4) is 0 Å². The van der Waals surface area contributed by atoms with Gasteiger partial charge in [0.2, 0.25) is 10.0 Å². The molecule has 0 saturated carbocycles. The van der Waals surface area contributed by atoms with Crippen molar-refractivity contribution in [3.05, 3.63) is 29.3 Å². The molecule has 2 aliphatic heterocycles. The average molecular weight is 336 g/mol. The topological polar surface area (TPSA) is 57.7 Å². The number of carbonyl (C=O) groups is 1. The highest BCUT2D eigenvalue weighted by Gasteiger charge is 2.33. The number of rotatable bonds is 2. The lowest BCUT2D eigenvalue weighted by molar-refractivity contribution is 0.0761. The smallest absolute Gasteiger partial charge is 0.253 e. The molecular weight excluding hydrogens is 312 g/mol. The van der Waals surface area contributed by atoms with Gasteiger partial charge in [0.05, 0.1) is 11.9 Å². The van der Waals surface area contributed by atoms with Gasteiger partial charge in [-0.3, -0.25) is 9.10 Å². The number of amides is 1. The normalized spacial score (nSPS) is 21.9. The van der Waals surface area contributed by atoms with Crippen molar-refractivity contribution in [2.45, 2.75) is 45.1 Å². The van der Waals surface area contributed by atoms with Gasteiger partial charge in [-0.05, 0) is 49.9 Å². The fourth-order valence-electron chi connectivity index (χ4n) is 3.70. The molecule has 0 spiro atoms. The third-order valence-electron chi connectivity index (χ3n) is 4.73. The van der Waals surface area contributed by atoms with Gasteiger partial charge in [0, 0.05) is 24.7 Å². The van der Waals surface area contributed by atoms with E-state index in [1.165, 1.54) is 23.4 Å². The maximum atomic E-state index is 12.7. The van der Waals surface area contributed by atoms with Crippen LogP contribution in [-0.4, -0.2) is 44.6 Å². The quantitative estimate of drug-likeness (QED) is 0.833. The van der Waals surface area contributed by atoms with Gasteiger partial charge in [0.15, 0.2) is 0 Å². The summed E-state index contributed by atoms with van der Waals surface area (Å²) in [4.78, 5) is 14.6. The van der Waals surface area contributed by atoms with Crippen molar-refractivity contribution in [3.63, 3.8) is 0 Å². The molecule has 1 atom stereocenters. The number of hydrogen-bond acceptors (Lipinski definition) is 3. The summed E-state index contributed by atoms with van der Waals surface area (Å²) in [6.07, 6.45) is 6.40. The molecule has 1 aromatic carbocycles. The summed E-state index contributed by atoms with van der Waals surface area (Å²) < 4.78 is 25.4. The zero-order chi connectivity index (χ0) is 16.6. The molecule has 23 heavy (non-hydrogen) atoms. The van der Waals surface area contributed by atoms with E-state index in [0.29, 0.717) is 17.7 Å². The first-order valence-corrected chi connectivity index (χ1v) is 10.1. The van der Waals surface area contributed by atoms with Gasteiger partial charge in [0.1, 0.15) is 0 Å². The highest BCUT2D eigenvalue weighted by atomic mass is 32.2. The van der Waals surface area contributed by atoms with Gasteiger partial charge in [-0.15, -0.1) is 0 Å². The maximum Gasteiger partial charge on any atom is 0.253 e. The molecule has 1 saturated heterocycles. The van der Waals surface area contributed by atoms with E-state index in [2.05, 4.69) is 0 Å². The van der Waals surface area contributed by atoms with Crippen molar-refractivity contribution >= 4 is 21.6 Å². The SMILES string of the molecule is C[C@H]1Cc2cc(C(=O)N3CCCCCC3)ccc2N1S(C)(=O)=O. The second-order valence-corrected chi connectivity index (χ2v) is 8.52. The lowest BCUT2D eigenvalue weighted by atomic mass is 10.1. The summed E-state index contributed by atoms with van der Waals surface area (Å²) in [5.74, 6) is 0.0696. The van der Waals surface area contributed by atoms with Crippen molar-refractivity contribution in [1.29, 1.82) is 0 Å². The van der Waals surface area contributed by atoms with Crippen LogP contribution in [-0.2, 0) is 16.4 Å². The third-order valence-corrected chi connectivity index (χ3v) is 6.00. The highest BCUT2D eigenvalue weighted by Crippen LogP contribution is 2.35. The van der Waals surface area contributed by atoms with Crippen molar-refractivity contribution in [2.75, 3.05) is 23.7 Å². The van der Waals surface area contributed by atoms with Crippen LogP contribution in [0.2, 0.25) is 0 Å². The maximum absolute atomic E-state index is 12.7. The largest absolute Gasteiger partial charge is 0.339 e. The third kappa shape index (κ3) is 3.22. The van der Waals surface area contributed by atoms with E-state index in [-0.39, 0.29) is 11.9 Å².